The van der Waals surface area contributed by atoms with Gasteiger partial charge in [0.15, 0.2) is 0 Å². The molecule has 0 radical (unpaired) electrons. The number of benzene rings is 2. The summed E-state index contributed by atoms with van der Waals surface area (Å²) in [5.41, 5.74) is 0.779. The summed E-state index contributed by atoms with van der Waals surface area (Å²) in [6.07, 6.45) is 1.02. The highest BCUT2D eigenvalue weighted by molar-refractivity contribution is 7.99. The number of amides is 2. The number of nitrogens with one attached hydrogen (secondary N) is 1. The van der Waals surface area contributed by atoms with Gasteiger partial charge in [0.05, 0.1) is 0 Å². The first-order chi connectivity index (χ1) is 13.4. The maximum Gasteiger partial charge on any atom is 0.242 e. The van der Waals surface area contributed by atoms with Gasteiger partial charge in [0.25, 0.3) is 0 Å². The van der Waals surface area contributed by atoms with E-state index >= 15 is 0 Å². The van der Waals surface area contributed by atoms with Crippen LogP contribution in [0.2, 0.25) is 5.02 Å². The van der Waals surface area contributed by atoms with Gasteiger partial charge in [-0.3, -0.25) is 9.59 Å². The summed E-state index contributed by atoms with van der Waals surface area (Å²) in [7, 11) is 1.54. The number of thioether (sulfide) groups is 1. The van der Waals surface area contributed by atoms with Gasteiger partial charge in [0, 0.05) is 29.9 Å². The smallest absolute Gasteiger partial charge is 0.242 e. The molecule has 150 valence electrons. The monoisotopic (exact) mass is 422 g/mol. The molecular formula is C21H24ClFN2O2S. The number of rotatable bonds is 9. The van der Waals surface area contributed by atoms with Crippen molar-refractivity contribution in [3.63, 3.8) is 0 Å². The summed E-state index contributed by atoms with van der Waals surface area (Å²) in [6, 6.07) is 12.9. The average Bonchev–Trinajstić information content (AvgIpc) is 2.70. The maximum absolute atomic E-state index is 13.1. The third-order valence-electron chi connectivity index (χ3n) is 4.30. The average molecular weight is 423 g/mol. The highest BCUT2D eigenvalue weighted by Crippen LogP contribution is 2.22. The van der Waals surface area contributed by atoms with E-state index in [9.17, 15) is 14.0 Å². The molecular weight excluding hydrogens is 399 g/mol. The molecule has 2 rings (SSSR count). The molecule has 1 N–H and O–H groups in total. The van der Waals surface area contributed by atoms with Crippen molar-refractivity contribution in [3.8, 4) is 0 Å². The van der Waals surface area contributed by atoms with Crippen LogP contribution in [0.15, 0.2) is 53.4 Å². The molecule has 0 fully saturated rings. The van der Waals surface area contributed by atoms with Crippen molar-refractivity contribution >= 4 is 35.2 Å². The van der Waals surface area contributed by atoms with E-state index in [1.165, 1.54) is 12.1 Å². The minimum atomic E-state index is -0.605. The second kappa shape index (κ2) is 11.1. The summed E-state index contributed by atoms with van der Waals surface area (Å²) in [5.74, 6) is 0.120. The van der Waals surface area contributed by atoms with Crippen LogP contribution >= 0.6 is 23.4 Å². The first-order valence-electron chi connectivity index (χ1n) is 9.04. The predicted molar refractivity (Wildman–Crippen MR) is 112 cm³/mol. The van der Waals surface area contributed by atoms with Crippen LogP contribution in [-0.4, -0.2) is 35.6 Å². The standard InChI is InChI=1S/C21H24ClFN2O2S/c1-15(21(27)24-2)25(14-16-5-9-18(23)10-6-16)20(26)4-3-13-28-19-11-7-17(22)8-12-19/h5-12,15H,3-4,13-14H2,1-2H3,(H,24,27)/t15-/m1/s1. The lowest BCUT2D eigenvalue weighted by Gasteiger charge is -2.28. The Labute approximate surface area is 174 Å². The molecule has 28 heavy (non-hydrogen) atoms. The lowest BCUT2D eigenvalue weighted by molar-refractivity contribution is -0.140. The summed E-state index contributed by atoms with van der Waals surface area (Å²) in [5, 5.41) is 3.27. The fourth-order valence-corrected chi connectivity index (χ4v) is 3.64. The third-order valence-corrected chi connectivity index (χ3v) is 5.65. The van der Waals surface area contributed by atoms with E-state index in [0.29, 0.717) is 17.9 Å². The Kier molecular flexibility index (Phi) is 8.80. The molecule has 0 saturated heterocycles. The fraction of sp³-hybridized carbons (Fsp3) is 0.333. The Morgan fingerprint density at radius 2 is 1.79 bits per heavy atom. The highest BCUT2D eigenvalue weighted by Gasteiger charge is 2.25. The summed E-state index contributed by atoms with van der Waals surface area (Å²) in [6.45, 7) is 1.96. The third kappa shape index (κ3) is 6.84. The van der Waals surface area contributed by atoms with Gasteiger partial charge in [0.1, 0.15) is 11.9 Å². The van der Waals surface area contributed by atoms with Gasteiger partial charge in [-0.05, 0) is 61.1 Å². The van der Waals surface area contributed by atoms with Crippen LogP contribution in [0.1, 0.15) is 25.3 Å². The Balaban J connectivity index is 1.94. The van der Waals surface area contributed by atoms with Gasteiger partial charge >= 0.3 is 0 Å². The Morgan fingerprint density at radius 3 is 2.39 bits per heavy atom. The van der Waals surface area contributed by atoms with E-state index in [0.717, 1.165) is 16.2 Å². The number of hydrogen-bond donors (Lipinski definition) is 1. The largest absolute Gasteiger partial charge is 0.357 e. The molecule has 0 aliphatic carbocycles. The van der Waals surface area contributed by atoms with Crippen molar-refractivity contribution in [2.24, 2.45) is 0 Å². The van der Waals surface area contributed by atoms with Crippen LogP contribution in [0.5, 0.6) is 0 Å². The molecule has 0 heterocycles. The predicted octanol–water partition coefficient (Wildman–Crippen LogP) is 4.51. The molecule has 2 aromatic carbocycles. The number of carbonyl (C=O) groups excluding carboxylic acids is 2. The van der Waals surface area contributed by atoms with Gasteiger partial charge in [-0.15, -0.1) is 11.8 Å². The van der Waals surface area contributed by atoms with Crippen LogP contribution in [-0.2, 0) is 16.1 Å². The molecule has 0 bridgehead atoms. The SMILES string of the molecule is CNC(=O)[C@@H](C)N(Cc1ccc(F)cc1)C(=O)CCCSc1ccc(Cl)cc1. The summed E-state index contributed by atoms with van der Waals surface area (Å²) >= 11 is 7.54. The van der Waals surface area contributed by atoms with Crippen molar-refractivity contribution in [1.82, 2.24) is 10.2 Å². The number of carbonyl (C=O) groups is 2. The second-order valence-corrected chi connectivity index (χ2v) is 7.95. The van der Waals surface area contributed by atoms with Crippen molar-refractivity contribution in [1.29, 1.82) is 0 Å². The molecule has 0 aliphatic heterocycles. The highest BCUT2D eigenvalue weighted by atomic mass is 35.5. The first-order valence-corrected chi connectivity index (χ1v) is 10.4. The minimum Gasteiger partial charge on any atom is -0.357 e. The molecule has 2 amide bonds. The van der Waals surface area contributed by atoms with Crippen molar-refractivity contribution < 1.29 is 14.0 Å². The Morgan fingerprint density at radius 1 is 1.14 bits per heavy atom. The van der Waals surface area contributed by atoms with Gasteiger partial charge in [-0.2, -0.15) is 0 Å². The molecule has 0 aromatic heterocycles. The summed E-state index contributed by atoms with van der Waals surface area (Å²) in [4.78, 5) is 27.5. The molecule has 2 aromatic rings. The molecule has 4 nitrogen and oxygen atoms in total. The fourth-order valence-electron chi connectivity index (χ4n) is 2.67. The molecule has 7 heteroatoms. The van der Waals surface area contributed by atoms with E-state index in [-0.39, 0.29) is 24.2 Å². The zero-order valence-corrected chi connectivity index (χ0v) is 17.5. The van der Waals surface area contributed by atoms with Crippen molar-refractivity contribution in [2.75, 3.05) is 12.8 Å². The summed E-state index contributed by atoms with van der Waals surface area (Å²) < 4.78 is 13.1. The first kappa shape index (κ1) is 22.2. The number of nitrogens with zero attached hydrogens (tertiary/aromatic N) is 1. The number of hydrogen-bond acceptors (Lipinski definition) is 3. The van der Waals surface area contributed by atoms with Crippen LogP contribution in [0.4, 0.5) is 4.39 Å². The lowest BCUT2D eigenvalue weighted by Crippen LogP contribution is -2.46. The van der Waals surface area contributed by atoms with Crippen LogP contribution in [0, 0.1) is 5.82 Å². The van der Waals surface area contributed by atoms with E-state index in [4.69, 9.17) is 11.6 Å². The Hall–Kier alpha value is -2.05. The molecule has 0 unspecified atom stereocenters. The second-order valence-electron chi connectivity index (χ2n) is 6.34. The van der Waals surface area contributed by atoms with Gasteiger partial charge in [-0.1, -0.05) is 23.7 Å². The van der Waals surface area contributed by atoms with Crippen LogP contribution < -0.4 is 5.32 Å². The zero-order valence-electron chi connectivity index (χ0n) is 16.0. The molecule has 0 saturated carbocycles. The van der Waals surface area contributed by atoms with E-state index in [2.05, 4.69) is 5.32 Å². The van der Waals surface area contributed by atoms with Crippen LogP contribution in [0.3, 0.4) is 0 Å². The molecule has 0 spiro atoms. The van der Waals surface area contributed by atoms with Gasteiger partial charge < -0.3 is 10.2 Å². The molecule has 1 atom stereocenters. The molecule has 0 aliphatic rings. The number of likely N-dealkylation sites (N-methyl/N-ethyl adjacent to an activating group) is 1. The zero-order chi connectivity index (χ0) is 20.5. The quantitative estimate of drug-likeness (QED) is 0.477. The van der Waals surface area contributed by atoms with Gasteiger partial charge in [-0.25, -0.2) is 4.39 Å². The lowest BCUT2D eigenvalue weighted by atomic mass is 10.1. The minimum absolute atomic E-state index is 0.0999. The normalized spacial score (nSPS) is 11.7. The van der Waals surface area contributed by atoms with Gasteiger partial charge in [0.2, 0.25) is 11.8 Å². The maximum atomic E-state index is 13.1. The van der Waals surface area contributed by atoms with E-state index in [1.54, 1.807) is 42.8 Å². The number of halogens is 2. The topological polar surface area (TPSA) is 49.4 Å². The van der Waals surface area contributed by atoms with E-state index in [1.807, 2.05) is 24.3 Å². The van der Waals surface area contributed by atoms with Crippen molar-refractivity contribution in [2.45, 2.75) is 37.2 Å². The van der Waals surface area contributed by atoms with E-state index < -0.39 is 6.04 Å². The van der Waals surface area contributed by atoms with Crippen molar-refractivity contribution in [3.05, 3.63) is 64.9 Å². The Bertz CT molecular complexity index is 784. The van der Waals surface area contributed by atoms with Crippen LogP contribution in [0.25, 0.3) is 0 Å².